The maximum absolute atomic E-state index is 12.2. The molecule has 6 nitrogen and oxygen atoms in total. The lowest BCUT2D eigenvalue weighted by Crippen LogP contribution is -2.37. The Morgan fingerprint density at radius 1 is 1.45 bits per heavy atom. The third-order valence-corrected chi connectivity index (χ3v) is 3.36. The summed E-state index contributed by atoms with van der Waals surface area (Å²) in [5.74, 6) is -1.40. The van der Waals surface area contributed by atoms with Crippen LogP contribution in [0, 0.1) is 5.92 Å². The molecule has 0 aliphatic heterocycles. The van der Waals surface area contributed by atoms with Crippen molar-refractivity contribution in [2.45, 2.75) is 45.6 Å². The molecule has 0 radical (unpaired) electrons. The summed E-state index contributed by atoms with van der Waals surface area (Å²) in [6.45, 7) is 4.01. The van der Waals surface area contributed by atoms with Crippen LogP contribution in [0.3, 0.4) is 0 Å². The molecule has 0 saturated heterocycles. The van der Waals surface area contributed by atoms with Crippen LogP contribution in [0.25, 0.3) is 0 Å². The van der Waals surface area contributed by atoms with Crippen molar-refractivity contribution in [3.05, 3.63) is 18.0 Å². The van der Waals surface area contributed by atoms with Crippen LogP contribution in [0.2, 0.25) is 0 Å². The van der Waals surface area contributed by atoms with Gasteiger partial charge in [-0.15, -0.1) is 0 Å². The Morgan fingerprint density at radius 2 is 2.15 bits per heavy atom. The second kappa shape index (κ2) is 7.67. The minimum atomic E-state index is -1.07. The highest BCUT2D eigenvalue weighted by molar-refractivity contribution is 5.85. The van der Waals surface area contributed by atoms with Crippen molar-refractivity contribution in [1.82, 2.24) is 15.1 Å². The molecule has 1 aromatic heterocycles. The first-order valence-electron chi connectivity index (χ1n) is 7.01. The number of nitrogens with zero attached hydrogens (tertiary/aromatic N) is 2. The van der Waals surface area contributed by atoms with Gasteiger partial charge in [0.05, 0.1) is 6.20 Å². The number of aromatic nitrogens is 2. The van der Waals surface area contributed by atoms with Gasteiger partial charge in [-0.3, -0.25) is 9.48 Å². The van der Waals surface area contributed by atoms with Gasteiger partial charge in [-0.1, -0.05) is 26.7 Å². The van der Waals surface area contributed by atoms with E-state index in [0.717, 1.165) is 19.3 Å². The number of carboxylic acids is 1. The van der Waals surface area contributed by atoms with Crippen LogP contribution in [0.1, 0.15) is 51.1 Å². The molecule has 1 aromatic rings. The fraction of sp³-hybridized carbons (Fsp3) is 0.643. The molecular formula is C14H23N3O3. The molecule has 0 saturated carbocycles. The lowest BCUT2D eigenvalue weighted by atomic mass is 9.97. The molecule has 0 aliphatic rings. The summed E-state index contributed by atoms with van der Waals surface area (Å²) < 4.78 is 1.52. The average Bonchev–Trinajstić information content (AvgIpc) is 2.82. The Bertz CT molecular complexity index is 456. The predicted molar refractivity (Wildman–Crippen MR) is 75.0 cm³/mol. The molecule has 1 heterocycles. The molecule has 20 heavy (non-hydrogen) atoms. The molecule has 0 bridgehead atoms. The smallest absolute Gasteiger partial charge is 0.331 e. The van der Waals surface area contributed by atoms with Crippen molar-refractivity contribution >= 4 is 11.9 Å². The molecule has 0 spiro atoms. The molecular weight excluding hydrogens is 258 g/mol. The minimum Gasteiger partial charge on any atom is -0.479 e. The number of rotatable bonds is 8. The standard InChI is InChI=1S/C14H23N3O3/c1-4-6-7-10(5-2)13(18)16-12(14(19)20)11-8-15-17(3)9-11/h8-10,12H,4-7H2,1-3H3,(H,16,18)(H,19,20). The molecule has 1 rings (SSSR count). The zero-order chi connectivity index (χ0) is 15.1. The average molecular weight is 281 g/mol. The number of aliphatic carboxylic acids is 1. The van der Waals surface area contributed by atoms with Gasteiger partial charge in [0, 0.05) is 24.7 Å². The number of carboxylic acid groups (broad SMARTS) is 1. The Labute approximate surface area is 119 Å². The van der Waals surface area contributed by atoms with Crippen LogP contribution in [-0.4, -0.2) is 26.8 Å². The highest BCUT2D eigenvalue weighted by Crippen LogP contribution is 2.17. The highest BCUT2D eigenvalue weighted by atomic mass is 16.4. The van der Waals surface area contributed by atoms with Crippen LogP contribution < -0.4 is 5.32 Å². The van der Waals surface area contributed by atoms with E-state index in [-0.39, 0.29) is 11.8 Å². The van der Waals surface area contributed by atoms with E-state index in [0.29, 0.717) is 12.0 Å². The number of carbonyl (C=O) groups excluding carboxylic acids is 1. The maximum atomic E-state index is 12.2. The summed E-state index contributed by atoms with van der Waals surface area (Å²) in [6.07, 6.45) is 6.56. The van der Waals surface area contributed by atoms with Gasteiger partial charge in [-0.25, -0.2) is 4.79 Å². The fourth-order valence-electron chi connectivity index (χ4n) is 2.11. The van der Waals surface area contributed by atoms with E-state index in [2.05, 4.69) is 17.3 Å². The van der Waals surface area contributed by atoms with E-state index in [1.807, 2.05) is 6.92 Å². The van der Waals surface area contributed by atoms with E-state index in [1.165, 1.54) is 10.9 Å². The minimum absolute atomic E-state index is 0.131. The third kappa shape index (κ3) is 4.36. The maximum Gasteiger partial charge on any atom is 0.331 e. The van der Waals surface area contributed by atoms with Crippen molar-refractivity contribution < 1.29 is 14.7 Å². The fourth-order valence-corrected chi connectivity index (χ4v) is 2.11. The van der Waals surface area contributed by atoms with Crippen molar-refractivity contribution in [3.63, 3.8) is 0 Å². The van der Waals surface area contributed by atoms with Gasteiger partial charge in [0.1, 0.15) is 0 Å². The Hall–Kier alpha value is -1.85. The topological polar surface area (TPSA) is 84.2 Å². The molecule has 2 unspecified atom stereocenters. The SMILES string of the molecule is CCCCC(CC)C(=O)NC(C(=O)O)c1cnn(C)c1. The van der Waals surface area contributed by atoms with Gasteiger partial charge < -0.3 is 10.4 Å². The van der Waals surface area contributed by atoms with E-state index >= 15 is 0 Å². The first kappa shape index (κ1) is 16.2. The molecule has 1 amide bonds. The monoisotopic (exact) mass is 281 g/mol. The van der Waals surface area contributed by atoms with E-state index < -0.39 is 12.0 Å². The first-order chi connectivity index (χ1) is 9.49. The second-order valence-electron chi connectivity index (χ2n) is 4.97. The summed E-state index contributed by atoms with van der Waals surface area (Å²) in [6, 6.07) is -1.04. The lowest BCUT2D eigenvalue weighted by molar-refractivity contribution is -0.142. The summed E-state index contributed by atoms with van der Waals surface area (Å²) in [5.41, 5.74) is 0.485. The van der Waals surface area contributed by atoms with E-state index in [4.69, 9.17) is 0 Å². The number of unbranched alkanes of at least 4 members (excludes halogenated alkanes) is 1. The Kier molecular flexibility index (Phi) is 6.21. The van der Waals surface area contributed by atoms with Crippen LogP contribution >= 0.6 is 0 Å². The third-order valence-electron chi connectivity index (χ3n) is 3.36. The van der Waals surface area contributed by atoms with Gasteiger partial charge in [-0.05, 0) is 12.8 Å². The van der Waals surface area contributed by atoms with Gasteiger partial charge >= 0.3 is 5.97 Å². The van der Waals surface area contributed by atoms with Crippen molar-refractivity contribution in [2.75, 3.05) is 0 Å². The number of hydrogen-bond acceptors (Lipinski definition) is 3. The number of carbonyl (C=O) groups is 2. The molecule has 6 heteroatoms. The van der Waals surface area contributed by atoms with Crippen LogP contribution in [0.15, 0.2) is 12.4 Å². The van der Waals surface area contributed by atoms with Gasteiger partial charge in [0.15, 0.2) is 6.04 Å². The molecule has 0 aliphatic carbocycles. The highest BCUT2D eigenvalue weighted by Gasteiger charge is 2.26. The zero-order valence-corrected chi connectivity index (χ0v) is 12.3. The normalized spacial score (nSPS) is 13.8. The Morgan fingerprint density at radius 3 is 2.60 bits per heavy atom. The van der Waals surface area contributed by atoms with Gasteiger partial charge in [-0.2, -0.15) is 5.10 Å². The molecule has 0 fully saturated rings. The van der Waals surface area contributed by atoms with Gasteiger partial charge in [0.25, 0.3) is 0 Å². The van der Waals surface area contributed by atoms with E-state index in [1.54, 1.807) is 13.2 Å². The zero-order valence-electron chi connectivity index (χ0n) is 12.3. The summed E-state index contributed by atoms with van der Waals surface area (Å²) in [7, 11) is 1.71. The van der Waals surface area contributed by atoms with Crippen LogP contribution in [0.4, 0.5) is 0 Å². The molecule has 0 aromatic carbocycles. The van der Waals surface area contributed by atoms with E-state index in [9.17, 15) is 14.7 Å². The van der Waals surface area contributed by atoms with Crippen LogP contribution in [0.5, 0.6) is 0 Å². The number of aryl methyl sites for hydroxylation is 1. The Balaban J connectivity index is 2.75. The van der Waals surface area contributed by atoms with Crippen molar-refractivity contribution in [3.8, 4) is 0 Å². The quantitative estimate of drug-likeness (QED) is 0.762. The second-order valence-corrected chi connectivity index (χ2v) is 4.97. The molecule has 2 N–H and O–H groups in total. The van der Waals surface area contributed by atoms with Crippen molar-refractivity contribution in [1.29, 1.82) is 0 Å². The van der Waals surface area contributed by atoms with Crippen LogP contribution in [-0.2, 0) is 16.6 Å². The number of amides is 1. The molecule has 2 atom stereocenters. The number of hydrogen-bond donors (Lipinski definition) is 2. The predicted octanol–water partition coefficient (Wildman–Crippen LogP) is 1.88. The summed E-state index contributed by atoms with van der Waals surface area (Å²) in [5, 5.41) is 15.8. The largest absolute Gasteiger partial charge is 0.479 e. The number of nitrogens with one attached hydrogen (secondary N) is 1. The summed E-state index contributed by atoms with van der Waals surface area (Å²) >= 11 is 0. The van der Waals surface area contributed by atoms with Crippen molar-refractivity contribution in [2.24, 2.45) is 13.0 Å². The van der Waals surface area contributed by atoms with Gasteiger partial charge in [0.2, 0.25) is 5.91 Å². The first-order valence-corrected chi connectivity index (χ1v) is 7.01. The summed E-state index contributed by atoms with van der Waals surface area (Å²) in [4.78, 5) is 23.5. The molecule has 112 valence electrons. The lowest BCUT2D eigenvalue weighted by Gasteiger charge is -2.18.